The Labute approximate surface area is 662 Å². The molecule has 0 radical (unpaired) electrons. The van der Waals surface area contributed by atoms with Crippen LogP contribution in [-0.4, -0.2) is 12.6 Å². The SMILES string of the molecule is CCCCCCCCCCCCCCCCCCCCCCCCCCCCCCCCCCCCCCCC.CCCCCCCCCCCCCCCCCCCCCCCCCCCCCCCCCCCCCCCC(=O)OCCCCCCCCCCCCCCCCCCCCCC. The number of unbranched alkanes of at least 4 members (excludes halogenated alkanes) is 92. The van der Waals surface area contributed by atoms with Crippen LogP contribution in [0.3, 0.4) is 0 Å². The Hall–Kier alpha value is -0.530. The van der Waals surface area contributed by atoms with Crippen LogP contribution < -0.4 is 0 Å². The average molecular weight is 1460 g/mol. The van der Waals surface area contributed by atoms with E-state index in [0.717, 1.165) is 12.8 Å². The molecule has 0 spiro atoms. The molecule has 0 amide bonds. The van der Waals surface area contributed by atoms with Crippen molar-refractivity contribution >= 4 is 5.97 Å². The summed E-state index contributed by atoms with van der Waals surface area (Å²) in [6.45, 7) is 9.87. The lowest BCUT2D eigenvalue weighted by Crippen LogP contribution is -2.05. The van der Waals surface area contributed by atoms with E-state index in [1.807, 2.05) is 0 Å². The summed E-state index contributed by atoms with van der Waals surface area (Å²) in [5.74, 6) is 0.0362. The number of rotatable bonds is 96. The van der Waals surface area contributed by atoms with Crippen molar-refractivity contribution in [2.75, 3.05) is 6.61 Å². The van der Waals surface area contributed by atoms with Gasteiger partial charge in [0.25, 0.3) is 0 Å². The maximum atomic E-state index is 12.1. The third-order valence-electron chi connectivity index (χ3n) is 24.2. The Morgan fingerprint density at radius 3 is 0.317 bits per heavy atom. The predicted octanol–water partition coefficient (Wildman–Crippen LogP) is 39.0. The van der Waals surface area contributed by atoms with E-state index < -0.39 is 0 Å². The van der Waals surface area contributed by atoms with Crippen LogP contribution in [0.2, 0.25) is 0 Å². The summed E-state index contributed by atoms with van der Waals surface area (Å²) in [7, 11) is 0. The van der Waals surface area contributed by atoms with Gasteiger partial charge in [-0.25, -0.2) is 0 Å². The van der Waals surface area contributed by atoms with Crippen molar-refractivity contribution in [1.82, 2.24) is 0 Å². The fraction of sp³-hybridized carbons (Fsp3) is 0.990. The van der Waals surface area contributed by atoms with Crippen LogP contribution in [0.25, 0.3) is 0 Å². The molecule has 0 aromatic carbocycles. The van der Waals surface area contributed by atoms with Crippen LogP contribution in [0.1, 0.15) is 644 Å². The van der Waals surface area contributed by atoms with Crippen molar-refractivity contribution in [3.05, 3.63) is 0 Å². The van der Waals surface area contributed by atoms with Gasteiger partial charge in [0.1, 0.15) is 0 Å². The average Bonchev–Trinajstić information content (AvgIpc) is 3.68. The highest BCUT2D eigenvalue weighted by molar-refractivity contribution is 5.69. The number of carbonyl (C=O) groups is 1. The molecule has 0 aliphatic rings. The third kappa shape index (κ3) is 106. The van der Waals surface area contributed by atoms with E-state index in [-0.39, 0.29) is 5.97 Å². The highest BCUT2D eigenvalue weighted by Gasteiger charge is 2.06. The highest BCUT2D eigenvalue weighted by atomic mass is 16.5. The normalized spacial score (nSPS) is 11.6. The van der Waals surface area contributed by atoms with Gasteiger partial charge in [-0.05, 0) is 12.8 Å². The molecule has 0 saturated heterocycles. The zero-order chi connectivity index (χ0) is 74.9. The summed E-state index contributed by atoms with van der Waals surface area (Å²) in [5.41, 5.74) is 0. The molecule has 0 atom stereocenters. The van der Waals surface area contributed by atoms with Gasteiger partial charge in [0.05, 0.1) is 6.61 Å². The molecule has 0 heterocycles. The van der Waals surface area contributed by atoms with Crippen molar-refractivity contribution < 1.29 is 9.53 Å². The molecule has 0 rings (SSSR count). The topological polar surface area (TPSA) is 26.3 Å². The molecule has 0 N–H and O–H groups in total. The van der Waals surface area contributed by atoms with Crippen LogP contribution in [-0.2, 0) is 9.53 Å². The van der Waals surface area contributed by atoms with Gasteiger partial charge in [-0.1, -0.05) is 625 Å². The van der Waals surface area contributed by atoms with Crippen LogP contribution >= 0.6 is 0 Å². The molecule has 0 fully saturated rings. The number of esters is 1. The molecule has 2 nitrogen and oxygen atoms in total. The van der Waals surface area contributed by atoms with Gasteiger partial charge in [0.15, 0.2) is 0 Å². The Balaban J connectivity index is 0. The zero-order valence-corrected chi connectivity index (χ0v) is 73.9. The Morgan fingerprint density at radius 1 is 0.125 bits per heavy atom. The monoisotopic (exact) mass is 1460 g/mol. The zero-order valence-electron chi connectivity index (χ0n) is 73.9. The second-order valence-electron chi connectivity index (χ2n) is 35.1. The second kappa shape index (κ2) is 105. The number of hydrogen-bond donors (Lipinski definition) is 0. The summed E-state index contributed by atoms with van der Waals surface area (Å²) in [4.78, 5) is 12.1. The first-order valence-electron chi connectivity index (χ1n) is 50.9. The Bertz CT molecular complexity index is 1370. The number of carbonyl (C=O) groups excluding carboxylic acids is 1. The summed E-state index contributed by atoms with van der Waals surface area (Å²) in [6.07, 6.45) is 138. The maximum Gasteiger partial charge on any atom is 0.305 e. The standard InChI is InChI=1S/C62H124O2.C40H82/c1-3-5-7-9-11-13-15-17-19-21-23-25-26-27-28-29-30-31-32-33-34-35-36-37-38-39-40-41-42-44-46-48-50-52-54-56-58-60-62(63)64-61-59-57-55-53-51-49-47-45-43-24-22-20-18-16-14-12-10-8-6-4-2;1-3-5-7-9-11-13-15-17-19-21-23-25-27-29-31-33-35-37-39-40-38-36-34-32-30-28-26-24-22-20-18-16-14-12-10-8-6-4-2/h3-61H2,1-2H3;3-40H2,1-2H3. The van der Waals surface area contributed by atoms with Gasteiger partial charge in [0, 0.05) is 6.42 Å². The van der Waals surface area contributed by atoms with Crippen molar-refractivity contribution in [3.8, 4) is 0 Å². The van der Waals surface area contributed by atoms with Crippen LogP contribution in [0, 0.1) is 0 Å². The number of ether oxygens (including phenoxy) is 1. The minimum atomic E-state index is 0.0362. The van der Waals surface area contributed by atoms with E-state index in [4.69, 9.17) is 4.74 Å². The van der Waals surface area contributed by atoms with Gasteiger partial charge >= 0.3 is 5.97 Å². The maximum absolute atomic E-state index is 12.1. The molecule has 0 aromatic heterocycles. The summed E-state index contributed by atoms with van der Waals surface area (Å²) in [5, 5.41) is 0. The predicted molar refractivity (Wildman–Crippen MR) is 477 cm³/mol. The van der Waals surface area contributed by atoms with E-state index in [1.54, 1.807) is 0 Å². The molecule has 104 heavy (non-hydrogen) atoms. The lowest BCUT2D eigenvalue weighted by Gasteiger charge is -2.06. The number of hydrogen-bond acceptors (Lipinski definition) is 2. The largest absolute Gasteiger partial charge is 0.466 e. The van der Waals surface area contributed by atoms with Crippen LogP contribution in [0.5, 0.6) is 0 Å². The molecule has 0 aliphatic heterocycles. The molecule has 0 unspecified atom stereocenters. The van der Waals surface area contributed by atoms with E-state index in [0.29, 0.717) is 13.0 Å². The summed E-state index contributed by atoms with van der Waals surface area (Å²) >= 11 is 0. The van der Waals surface area contributed by atoms with Crippen molar-refractivity contribution in [2.24, 2.45) is 0 Å². The minimum Gasteiger partial charge on any atom is -0.466 e. The first kappa shape index (κ1) is 106. The van der Waals surface area contributed by atoms with E-state index >= 15 is 0 Å². The van der Waals surface area contributed by atoms with Gasteiger partial charge in [0.2, 0.25) is 0 Å². The molecule has 0 aliphatic carbocycles. The lowest BCUT2D eigenvalue weighted by molar-refractivity contribution is -0.143. The van der Waals surface area contributed by atoms with E-state index in [9.17, 15) is 4.79 Å². The third-order valence-corrected chi connectivity index (χ3v) is 24.2. The summed E-state index contributed by atoms with van der Waals surface area (Å²) < 4.78 is 5.51. The molecule has 0 bridgehead atoms. The van der Waals surface area contributed by atoms with Crippen LogP contribution in [0.4, 0.5) is 0 Å². The Kier molecular flexibility index (Phi) is 106. The van der Waals surface area contributed by atoms with Gasteiger partial charge in [-0.2, -0.15) is 0 Å². The molecular formula is C102H206O2. The smallest absolute Gasteiger partial charge is 0.305 e. The molecule has 626 valence electrons. The fourth-order valence-electron chi connectivity index (χ4n) is 16.7. The van der Waals surface area contributed by atoms with Gasteiger partial charge in [-0.15, -0.1) is 0 Å². The molecule has 0 saturated carbocycles. The first-order chi connectivity index (χ1) is 51.7. The van der Waals surface area contributed by atoms with Gasteiger partial charge in [-0.3, -0.25) is 4.79 Å². The fourth-order valence-corrected chi connectivity index (χ4v) is 16.7. The lowest BCUT2D eigenvalue weighted by atomic mass is 10.0. The van der Waals surface area contributed by atoms with Crippen molar-refractivity contribution in [3.63, 3.8) is 0 Å². The molecule has 0 aromatic rings. The molecular weight excluding hydrogens is 1260 g/mol. The van der Waals surface area contributed by atoms with Gasteiger partial charge < -0.3 is 4.74 Å². The second-order valence-corrected chi connectivity index (χ2v) is 35.1. The Morgan fingerprint density at radius 2 is 0.212 bits per heavy atom. The highest BCUT2D eigenvalue weighted by Crippen LogP contribution is 2.23. The van der Waals surface area contributed by atoms with E-state index in [1.165, 1.54) is 597 Å². The van der Waals surface area contributed by atoms with Crippen molar-refractivity contribution in [2.45, 2.75) is 644 Å². The van der Waals surface area contributed by atoms with Crippen molar-refractivity contribution in [1.29, 1.82) is 0 Å². The van der Waals surface area contributed by atoms with Crippen LogP contribution in [0.15, 0.2) is 0 Å². The quantitative estimate of drug-likeness (QED) is 0.0448. The summed E-state index contributed by atoms with van der Waals surface area (Å²) in [6, 6.07) is 0. The first-order valence-corrected chi connectivity index (χ1v) is 50.9. The minimum absolute atomic E-state index is 0.0362. The molecule has 2 heteroatoms. The van der Waals surface area contributed by atoms with E-state index in [2.05, 4.69) is 27.7 Å².